The molecule has 1 aliphatic carbocycles. The van der Waals surface area contributed by atoms with Crippen LogP contribution in [0, 0.1) is 11.8 Å². The Hall–Kier alpha value is -1.63. The Labute approximate surface area is 177 Å². The minimum atomic E-state index is -0.874. The van der Waals surface area contributed by atoms with Crippen LogP contribution in [0.4, 0.5) is 0 Å². The summed E-state index contributed by atoms with van der Waals surface area (Å²) in [6, 6.07) is 9.14. The molecule has 2 N–H and O–H groups in total. The first kappa shape index (κ1) is 23.6. The predicted octanol–water partition coefficient (Wildman–Crippen LogP) is 3.61. The van der Waals surface area contributed by atoms with Gasteiger partial charge in [-0.2, -0.15) is 0 Å². The average Bonchev–Trinajstić information content (AvgIpc) is 2.71. The van der Waals surface area contributed by atoms with E-state index >= 15 is 0 Å². The molecule has 7 heteroatoms. The van der Waals surface area contributed by atoms with Gasteiger partial charge in [-0.3, -0.25) is 9.59 Å². The largest absolute Gasteiger partial charge is 0.481 e. The maximum absolute atomic E-state index is 12.7. The molecule has 1 aliphatic rings. The Morgan fingerprint density at radius 1 is 1.17 bits per heavy atom. The van der Waals surface area contributed by atoms with Gasteiger partial charge in [0.25, 0.3) is 0 Å². The van der Waals surface area contributed by atoms with E-state index in [1.54, 1.807) is 0 Å². The van der Waals surface area contributed by atoms with Gasteiger partial charge in [-0.05, 0) is 51.0 Å². The average molecular weight is 426 g/mol. The zero-order chi connectivity index (χ0) is 21.1. The second-order valence-electron chi connectivity index (χ2n) is 7.60. The number of hydrogen-bond acceptors (Lipinski definition) is 4. The standard InChI is InChI=1S/C22H32ClNO5/c1-2-28-15-29-14-20(24-21(25)17-8-10-19(23)11-9-17)13-18(22(26)27)12-16-6-4-3-5-7-16/h3-7,17-20H,2,8-15H2,1H3,(H,24,25)(H,26,27). The van der Waals surface area contributed by atoms with Gasteiger partial charge in [-0.25, -0.2) is 0 Å². The Kier molecular flexibility index (Phi) is 10.5. The van der Waals surface area contributed by atoms with Crippen molar-refractivity contribution < 1.29 is 24.2 Å². The minimum absolute atomic E-state index is 0.0394. The molecule has 1 saturated carbocycles. The molecule has 6 nitrogen and oxygen atoms in total. The molecule has 0 aromatic heterocycles. The zero-order valence-electron chi connectivity index (χ0n) is 17.0. The second kappa shape index (κ2) is 12.8. The number of benzene rings is 1. The first-order valence-corrected chi connectivity index (χ1v) is 10.8. The summed E-state index contributed by atoms with van der Waals surface area (Å²) in [5.74, 6) is -1.60. The van der Waals surface area contributed by atoms with E-state index < -0.39 is 11.9 Å². The van der Waals surface area contributed by atoms with Crippen LogP contribution < -0.4 is 5.32 Å². The van der Waals surface area contributed by atoms with E-state index in [0.29, 0.717) is 19.4 Å². The lowest BCUT2D eigenvalue weighted by molar-refractivity contribution is -0.143. The molecule has 0 radical (unpaired) electrons. The highest BCUT2D eigenvalue weighted by Gasteiger charge is 2.29. The normalized spacial score (nSPS) is 21.3. The number of ether oxygens (including phenoxy) is 2. The summed E-state index contributed by atoms with van der Waals surface area (Å²) in [5, 5.41) is 12.9. The molecular formula is C22H32ClNO5. The van der Waals surface area contributed by atoms with E-state index in [4.69, 9.17) is 21.1 Å². The van der Waals surface area contributed by atoms with Crippen molar-refractivity contribution in [1.29, 1.82) is 0 Å². The zero-order valence-corrected chi connectivity index (χ0v) is 17.8. The van der Waals surface area contributed by atoms with Crippen LogP contribution in [0.25, 0.3) is 0 Å². The Balaban J connectivity index is 1.98. The molecular weight excluding hydrogens is 394 g/mol. The molecule has 1 fully saturated rings. The van der Waals surface area contributed by atoms with Crippen molar-refractivity contribution in [2.45, 2.75) is 56.9 Å². The quantitative estimate of drug-likeness (QED) is 0.303. The third-order valence-electron chi connectivity index (χ3n) is 5.31. The number of carboxylic acid groups (broad SMARTS) is 1. The molecule has 2 unspecified atom stereocenters. The fourth-order valence-electron chi connectivity index (χ4n) is 3.65. The second-order valence-corrected chi connectivity index (χ2v) is 8.21. The van der Waals surface area contributed by atoms with Gasteiger partial charge < -0.3 is 19.9 Å². The summed E-state index contributed by atoms with van der Waals surface area (Å²) in [6.07, 6.45) is 3.89. The van der Waals surface area contributed by atoms with Crippen molar-refractivity contribution in [3.05, 3.63) is 35.9 Å². The highest BCUT2D eigenvalue weighted by Crippen LogP contribution is 2.28. The summed E-state index contributed by atoms with van der Waals surface area (Å²) >= 11 is 6.14. The molecule has 1 aromatic rings. The Morgan fingerprint density at radius 3 is 2.48 bits per heavy atom. The summed E-state index contributed by atoms with van der Waals surface area (Å²) in [4.78, 5) is 24.6. The van der Waals surface area contributed by atoms with E-state index in [1.165, 1.54) is 0 Å². The van der Waals surface area contributed by atoms with Crippen LogP contribution in [0.15, 0.2) is 30.3 Å². The molecule has 0 aliphatic heterocycles. The van der Waals surface area contributed by atoms with Crippen molar-refractivity contribution in [3.63, 3.8) is 0 Å². The topological polar surface area (TPSA) is 84.9 Å². The van der Waals surface area contributed by atoms with Crippen LogP contribution >= 0.6 is 11.6 Å². The number of alkyl halides is 1. The van der Waals surface area contributed by atoms with Crippen molar-refractivity contribution in [3.8, 4) is 0 Å². The molecule has 1 aromatic carbocycles. The van der Waals surface area contributed by atoms with E-state index in [9.17, 15) is 14.7 Å². The first-order chi connectivity index (χ1) is 14.0. The number of carboxylic acids is 1. The number of carbonyl (C=O) groups excluding carboxylic acids is 1. The minimum Gasteiger partial charge on any atom is -0.481 e. The van der Waals surface area contributed by atoms with Crippen molar-refractivity contribution in [2.24, 2.45) is 11.8 Å². The van der Waals surface area contributed by atoms with Gasteiger partial charge in [-0.1, -0.05) is 30.3 Å². The van der Waals surface area contributed by atoms with Crippen molar-refractivity contribution in [2.75, 3.05) is 20.0 Å². The van der Waals surface area contributed by atoms with Gasteiger partial charge in [0, 0.05) is 17.9 Å². The van der Waals surface area contributed by atoms with E-state index in [0.717, 1.165) is 31.2 Å². The number of aliphatic carboxylic acids is 1. The molecule has 29 heavy (non-hydrogen) atoms. The fourth-order valence-corrected chi connectivity index (χ4v) is 3.90. The van der Waals surface area contributed by atoms with Gasteiger partial charge in [0.1, 0.15) is 6.79 Å². The first-order valence-electron chi connectivity index (χ1n) is 10.4. The van der Waals surface area contributed by atoms with Crippen molar-refractivity contribution in [1.82, 2.24) is 5.32 Å². The SMILES string of the molecule is CCOCOCC(CC(Cc1ccccc1)C(=O)O)NC(=O)C1CCC(Cl)CC1. The third-order valence-corrected chi connectivity index (χ3v) is 5.74. The van der Waals surface area contributed by atoms with Crippen LogP contribution in [-0.2, 0) is 25.5 Å². The van der Waals surface area contributed by atoms with Gasteiger partial charge in [0.05, 0.1) is 18.6 Å². The van der Waals surface area contributed by atoms with Crippen LogP contribution in [0.3, 0.4) is 0 Å². The monoisotopic (exact) mass is 425 g/mol. The Morgan fingerprint density at radius 2 is 1.86 bits per heavy atom. The van der Waals surface area contributed by atoms with Crippen LogP contribution in [0.5, 0.6) is 0 Å². The van der Waals surface area contributed by atoms with E-state index in [2.05, 4.69) is 5.32 Å². The van der Waals surface area contributed by atoms with Gasteiger partial charge >= 0.3 is 5.97 Å². The number of carbonyl (C=O) groups is 2. The number of amides is 1. The van der Waals surface area contributed by atoms with Gasteiger partial charge in [0.2, 0.25) is 5.91 Å². The van der Waals surface area contributed by atoms with E-state index in [1.807, 2.05) is 37.3 Å². The fraction of sp³-hybridized carbons (Fsp3) is 0.636. The lowest BCUT2D eigenvalue weighted by Crippen LogP contribution is -2.44. The number of halogens is 1. The lowest BCUT2D eigenvalue weighted by Gasteiger charge is -2.28. The summed E-state index contributed by atoms with van der Waals surface area (Å²) in [7, 11) is 0. The molecule has 2 rings (SSSR count). The van der Waals surface area contributed by atoms with Gasteiger partial charge in [-0.15, -0.1) is 11.6 Å². The van der Waals surface area contributed by atoms with Crippen LogP contribution in [-0.4, -0.2) is 48.4 Å². The van der Waals surface area contributed by atoms with Crippen LogP contribution in [0.1, 0.15) is 44.6 Å². The lowest BCUT2D eigenvalue weighted by atomic mass is 9.87. The molecule has 0 saturated heterocycles. The summed E-state index contributed by atoms with van der Waals surface area (Å²) < 4.78 is 10.7. The predicted molar refractivity (Wildman–Crippen MR) is 112 cm³/mol. The number of nitrogens with one attached hydrogen (secondary N) is 1. The molecule has 1 amide bonds. The summed E-state index contributed by atoms with van der Waals surface area (Å²) in [6.45, 7) is 2.74. The highest BCUT2D eigenvalue weighted by molar-refractivity contribution is 6.20. The molecule has 0 heterocycles. The third kappa shape index (κ3) is 8.72. The maximum Gasteiger partial charge on any atom is 0.306 e. The van der Waals surface area contributed by atoms with Gasteiger partial charge in [0.15, 0.2) is 0 Å². The number of rotatable bonds is 12. The highest BCUT2D eigenvalue weighted by atomic mass is 35.5. The molecule has 162 valence electrons. The molecule has 0 spiro atoms. The van der Waals surface area contributed by atoms with E-state index in [-0.39, 0.29) is 36.6 Å². The smallest absolute Gasteiger partial charge is 0.306 e. The number of hydrogen-bond donors (Lipinski definition) is 2. The maximum atomic E-state index is 12.7. The Bertz CT molecular complexity index is 619. The molecule has 0 bridgehead atoms. The van der Waals surface area contributed by atoms with Crippen LogP contribution in [0.2, 0.25) is 0 Å². The molecule has 2 atom stereocenters. The van der Waals surface area contributed by atoms with Crippen molar-refractivity contribution >= 4 is 23.5 Å². The summed E-state index contributed by atoms with van der Waals surface area (Å²) in [5.41, 5.74) is 0.959.